The van der Waals surface area contributed by atoms with Crippen LogP contribution in [0.3, 0.4) is 0 Å². The van der Waals surface area contributed by atoms with E-state index < -0.39 is 5.41 Å². The lowest BCUT2D eigenvalue weighted by Crippen LogP contribution is -2.26. The minimum atomic E-state index is -0.482. The normalized spacial score (nSPS) is 14.3. The molecule has 2 nitrogen and oxygen atoms in total. The summed E-state index contributed by atoms with van der Waals surface area (Å²) in [5.41, 5.74) is 25.1. The molecule has 1 aliphatic heterocycles. The Morgan fingerprint density at radius 1 is 0.318 bits per heavy atom. The highest BCUT2D eigenvalue weighted by atomic mass is 16.5. The van der Waals surface area contributed by atoms with Gasteiger partial charge in [0, 0.05) is 27.9 Å². The largest absolute Gasteiger partial charge is 0.456 e. The maximum atomic E-state index is 7.20. The zero-order chi connectivity index (χ0) is 43.7. The second-order valence-corrected chi connectivity index (χ2v) is 18.7. The molecule has 0 unspecified atom stereocenters. The summed E-state index contributed by atoms with van der Waals surface area (Å²) in [7, 11) is 0. The van der Waals surface area contributed by atoms with Crippen molar-refractivity contribution in [2.45, 2.75) is 24.7 Å². The summed E-state index contributed by atoms with van der Waals surface area (Å²) in [6.07, 6.45) is 0. The molecule has 3 aliphatic carbocycles. The number of benzene rings is 10. The highest BCUT2D eigenvalue weighted by Gasteiger charge is 2.51. The lowest BCUT2D eigenvalue weighted by atomic mass is 9.70. The number of ether oxygens (including phenoxy) is 1. The van der Waals surface area contributed by atoms with E-state index in [1.54, 1.807) is 0 Å². The van der Waals surface area contributed by atoms with Crippen LogP contribution in [0.4, 0.5) is 17.1 Å². The molecule has 310 valence electrons. The minimum absolute atomic E-state index is 0.185. The van der Waals surface area contributed by atoms with E-state index >= 15 is 0 Å². The topological polar surface area (TPSA) is 12.5 Å². The van der Waals surface area contributed by atoms with Crippen molar-refractivity contribution in [3.8, 4) is 78.3 Å². The Labute approximate surface area is 385 Å². The Morgan fingerprint density at radius 3 is 1.44 bits per heavy atom. The van der Waals surface area contributed by atoms with Crippen LogP contribution >= 0.6 is 0 Å². The first kappa shape index (κ1) is 37.2. The molecule has 10 aromatic carbocycles. The average molecular weight is 842 g/mol. The van der Waals surface area contributed by atoms with Crippen LogP contribution in [0.1, 0.15) is 47.2 Å². The van der Waals surface area contributed by atoms with E-state index in [2.05, 4.69) is 243 Å². The SMILES string of the molecule is CC1(C)c2ccccc2-c2ccc(N(c3ccc4c(c3)C3(c5ccccc5-c5ccccc53)c3ccccc3-4)c3cccc4c3-c3ccccc3-c3ccc(-c5ccccc5)cc3O4)cc21. The van der Waals surface area contributed by atoms with Crippen molar-refractivity contribution >= 4 is 17.1 Å². The van der Waals surface area contributed by atoms with Crippen LogP contribution in [0, 0.1) is 0 Å². The van der Waals surface area contributed by atoms with Gasteiger partial charge >= 0.3 is 0 Å². The molecule has 4 aliphatic rings. The summed E-state index contributed by atoms with van der Waals surface area (Å²) < 4.78 is 7.20. The van der Waals surface area contributed by atoms with Crippen molar-refractivity contribution in [3.63, 3.8) is 0 Å². The van der Waals surface area contributed by atoms with Crippen LogP contribution in [0.15, 0.2) is 224 Å². The van der Waals surface area contributed by atoms with E-state index in [1.807, 2.05) is 0 Å². The van der Waals surface area contributed by atoms with Crippen LogP contribution in [0.25, 0.3) is 66.8 Å². The predicted octanol–water partition coefficient (Wildman–Crippen LogP) is 16.9. The van der Waals surface area contributed by atoms with Crippen molar-refractivity contribution < 1.29 is 4.74 Å². The van der Waals surface area contributed by atoms with Crippen LogP contribution < -0.4 is 9.64 Å². The highest BCUT2D eigenvalue weighted by Crippen LogP contribution is 2.64. The fraction of sp³-hybridized carbons (Fsp3) is 0.0625. The zero-order valence-corrected chi connectivity index (χ0v) is 36.7. The standard InChI is InChI=1S/C64H43NO/c1-63(2)53-25-12-8-20-45(53)49-35-32-42(38-57(49)63)65(59-29-16-30-60-62(59)52-24-7-6-19-44(52)51-34-31-41(37-61(51)66-60)40-17-4-3-5-18-40)43-33-36-50-48-23-11-15-28-56(48)64(58(50)39-43)54-26-13-9-21-46(54)47-22-10-14-27-55(47)64/h3-39H,1-2H3. The molecular formula is C64H43NO. The maximum Gasteiger partial charge on any atom is 0.137 e. The molecule has 0 atom stereocenters. The lowest BCUT2D eigenvalue weighted by molar-refractivity contribution is 0.488. The first-order chi connectivity index (χ1) is 32.5. The first-order valence-corrected chi connectivity index (χ1v) is 23.1. The van der Waals surface area contributed by atoms with Crippen molar-refractivity contribution in [2.24, 2.45) is 0 Å². The second-order valence-electron chi connectivity index (χ2n) is 18.7. The van der Waals surface area contributed by atoms with E-state index in [4.69, 9.17) is 4.74 Å². The van der Waals surface area contributed by atoms with Gasteiger partial charge < -0.3 is 9.64 Å². The van der Waals surface area contributed by atoms with Gasteiger partial charge in [0.15, 0.2) is 0 Å². The van der Waals surface area contributed by atoms with Gasteiger partial charge in [0.25, 0.3) is 0 Å². The van der Waals surface area contributed by atoms with E-state index in [0.717, 1.165) is 61.9 Å². The Balaban J connectivity index is 1.04. The second kappa shape index (κ2) is 13.7. The predicted molar refractivity (Wildman–Crippen MR) is 271 cm³/mol. The summed E-state index contributed by atoms with van der Waals surface area (Å²) in [4.78, 5) is 2.51. The van der Waals surface area contributed by atoms with Crippen molar-refractivity contribution in [1.29, 1.82) is 0 Å². The Bertz CT molecular complexity index is 3610. The van der Waals surface area contributed by atoms with Gasteiger partial charge in [0.1, 0.15) is 11.5 Å². The fourth-order valence-electron chi connectivity index (χ4n) is 12.2. The molecular weight excluding hydrogens is 799 g/mol. The number of nitrogens with zero attached hydrogens (tertiary/aromatic N) is 1. The molecule has 66 heavy (non-hydrogen) atoms. The molecule has 1 heterocycles. The lowest BCUT2D eigenvalue weighted by Gasteiger charge is -2.33. The smallest absolute Gasteiger partial charge is 0.137 e. The summed E-state index contributed by atoms with van der Waals surface area (Å²) in [6.45, 7) is 4.74. The summed E-state index contributed by atoms with van der Waals surface area (Å²) >= 11 is 0. The van der Waals surface area contributed by atoms with E-state index in [-0.39, 0.29) is 5.41 Å². The monoisotopic (exact) mass is 841 g/mol. The van der Waals surface area contributed by atoms with Gasteiger partial charge in [-0.25, -0.2) is 0 Å². The van der Waals surface area contributed by atoms with Gasteiger partial charge in [-0.2, -0.15) is 0 Å². The van der Waals surface area contributed by atoms with Gasteiger partial charge in [0.05, 0.1) is 11.1 Å². The van der Waals surface area contributed by atoms with Crippen molar-refractivity contribution in [1.82, 2.24) is 0 Å². The van der Waals surface area contributed by atoms with Gasteiger partial charge in [-0.05, 0) is 138 Å². The third-order valence-corrected chi connectivity index (χ3v) is 15.1. The van der Waals surface area contributed by atoms with Gasteiger partial charge in [-0.1, -0.05) is 190 Å². The molecule has 0 saturated carbocycles. The molecule has 0 amide bonds. The van der Waals surface area contributed by atoms with E-state index in [1.165, 1.54) is 66.8 Å². The number of rotatable bonds is 4. The maximum absolute atomic E-state index is 7.20. The molecule has 0 radical (unpaired) electrons. The highest BCUT2D eigenvalue weighted by molar-refractivity contribution is 6.01. The van der Waals surface area contributed by atoms with Crippen molar-refractivity contribution in [2.75, 3.05) is 4.90 Å². The molecule has 0 aromatic heterocycles. The number of anilines is 3. The van der Waals surface area contributed by atoms with Crippen LogP contribution in [0.2, 0.25) is 0 Å². The first-order valence-electron chi connectivity index (χ1n) is 23.1. The molecule has 0 saturated heterocycles. The molecule has 14 rings (SSSR count). The number of fused-ring (bicyclic) bond motifs is 18. The minimum Gasteiger partial charge on any atom is -0.456 e. The molecule has 0 bridgehead atoms. The molecule has 0 fully saturated rings. The van der Waals surface area contributed by atoms with Crippen LogP contribution in [-0.2, 0) is 10.8 Å². The molecule has 0 N–H and O–H groups in total. The number of hydrogen-bond acceptors (Lipinski definition) is 2. The molecule has 2 heteroatoms. The Morgan fingerprint density at radius 2 is 0.803 bits per heavy atom. The Kier molecular flexibility index (Phi) is 7.70. The zero-order valence-electron chi connectivity index (χ0n) is 36.7. The summed E-state index contributed by atoms with van der Waals surface area (Å²) in [5.74, 6) is 1.67. The van der Waals surface area contributed by atoms with Gasteiger partial charge in [0.2, 0.25) is 0 Å². The molecule has 10 aromatic rings. The van der Waals surface area contributed by atoms with Gasteiger partial charge in [-0.15, -0.1) is 0 Å². The van der Waals surface area contributed by atoms with Crippen molar-refractivity contribution in [3.05, 3.63) is 258 Å². The van der Waals surface area contributed by atoms with Gasteiger partial charge in [-0.3, -0.25) is 0 Å². The van der Waals surface area contributed by atoms with E-state index in [0.29, 0.717) is 0 Å². The third-order valence-electron chi connectivity index (χ3n) is 15.1. The number of hydrogen-bond donors (Lipinski definition) is 0. The Hall–Kier alpha value is -8.20. The fourth-order valence-corrected chi connectivity index (χ4v) is 12.2. The summed E-state index contributed by atoms with van der Waals surface area (Å²) in [6, 6.07) is 83.1. The average Bonchev–Trinajstić information content (AvgIpc) is 3.88. The van der Waals surface area contributed by atoms with Crippen LogP contribution in [0.5, 0.6) is 11.5 Å². The van der Waals surface area contributed by atoms with Crippen LogP contribution in [-0.4, -0.2) is 0 Å². The van der Waals surface area contributed by atoms with E-state index in [9.17, 15) is 0 Å². The third kappa shape index (κ3) is 4.96. The quantitative estimate of drug-likeness (QED) is 0.175. The summed E-state index contributed by atoms with van der Waals surface area (Å²) in [5, 5.41) is 0. The molecule has 1 spiro atoms.